The summed E-state index contributed by atoms with van der Waals surface area (Å²) in [4.78, 5) is 29.7. The second kappa shape index (κ2) is 14.5. The van der Waals surface area contributed by atoms with E-state index in [1.807, 2.05) is 58.0 Å². The maximum Gasteiger partial charge on any atom is 0.264 e. The lowest BCUT2D eigenvalue weighted by Gasteiger charge is -2.35. The summed E-state index contributed by atoms with van der Waals surface area (Å²) in [6, 6.07) is 25.1. The Morgan fingerprint density at radius 2 is 1.52 bits per heavy atom. The Hall–Kier alpha value is -4.21. The third kappa shape index (κ3) is 8.73. The van der Waals surface area contributed by atoms with Crippen LogP contribution in [0, 0.1) is 19.7 Å². The Morgan fingerprint density at radius 1 is 0.891 bits per heavy atom. The predicted molar refractivity (Wildman–Crippen MR) is 181 cm³/mol. The van der Waals surface area contributed by atoms with Gasteiger partial charge in [-0.25, -0.2) is 12.8 Å². The summed E-state index contributed by atoms with van der Waals surface area (Å²) in [6.07, 6.45) is 0.115. The number of amides is 2. The van der Waals surface area contributed by atoms with E-state index < -0.39 is 45.8 Å². The molecule has 1 atom stereocenters. The van der Waals surface area contributed by atoms with E-state index in [1.165, 1.54) is 41.3 Å². The van der Waals surface area contributed by atoms with Crippen molar-refractivity contribution in [1.29, 1.82) is 0 Å². The zero-order valence-electron chi connectivity index (χ0n) is 26.6. The van der Waals surface area contributed by atoms with Crippen LogP contribution in [0.4, 0.5) is 10.1 Å². The molecule has 0 aliphatic heterocycles. The normalized spacial score (nSPS) is 12.3. The molecular formula is C36H39ClFN3O4S. The van der Waals surface area contributed by atoms with Crippen molar-refractivity contribution in [2.24, 2.45) is 0 Å². The van der Waals surface area contributed by atoms with E-state index in [1.54, 1.807) is 37.3 Å². The molecule has 0 spiro atoms. The summed E-state index contributed by atoms with van der Waals surface area (Å²) < 4.78 is 44.4. The molecule has 10 heteroatoms. The Balaban J connectivity index is 1.84. The van der Waals surface area contributed by atoms with Crippen molar-refractivity contribution in [3.63, 3.8) is 0 Å². The van der Waals surface area contributed by atoms with Crippen molar-refractivity contribution in [2.75, 3.05) is 10.8 Å². The molecular weight excluding hydrogens is 625 g/mol. The number of carbonyl (C=O) groups is 2. The lowest BCUT2D eigenvalue weighted by atomic mass is 10.0. The van der Waals surface area contributed by atoms with Crippen LogP contribution in [0.15, 0.2) is 102 Å². The molecule has 242 valence electrons. The zero-order chi connectivity index (χ0) is 33.6. The lowest BCUT2D eigenvalue weighted by Crippen LogP contribution is -2.56. The van der Waals surface area contributed by atoms with E-state index in [-0.39, 0.29) is 29.1 Å². The highest BCUT2D eigenvalue weighted by atomic mass is 35.5. The number of rotatable bonds is 11. The Labute approximate surface area is 276 Å². The van der Waals surface area contributed by atoms with Gasteiger partial charge in [0.1, 0.15) is 18.4 Å². The summed E-state index contributed by atoms with van der Waals surface area (Å²) >= 11 is 6.43. The molecule has 0 unspecified atom stereocenters. The van der Waals surface area contributed by atoms with Gasteiger partial charge >= 0.3 is 0 Å². The minimum Gasteiger partial charge on any atom is -0.350 e. The maximum atomic E-state index is 15.1. The van der Waals surface area contributed by atoms with Crippen molar-refractivity contribution in [3.05, 3.63) is 130 Å². The minimum absolute atomic E-state index is 0.0189. The molecule has 4 aromatic carbocycles. The van der Waals surface area contributed by atoms with Gasteiger partial charge in [-0.3, -0.25) is 13.9 Å². The Kier molecular flexibility index (Phi) is 10.9. The van der Waals surface area contributed by atoms with Gasteiger partial charge in [-0.2, -0.15) is 0 Å². The van der Waals surface area contributed by atoms with Gasteiger partial charge in [0.25, 0.3) is 10.0 Å². The van der Waals surface area contributed by atoms with Crippen LogP contribution >= 0.6 is 11.6 Å². The van der Waals surface area contributed by atoms with Crippen LogP contribution in [0.1, 0.15) is 43.0 Å². The molecule has 0 aliphatic rings. The molecule has 1 N–H and O–H groups in total. The summed E-state index contributed by atoms with van der Waals surface area (Å²) in [7, 11) is -4.29. The van der Waals surface area contributed by atoms with Crippen molar-refractivity contribution >= 4 is 39.1 Å². The van der Waals surface area contributed by atoms with Crippen LogP contribution in [0.25, 0.3) is 0 Å². The first kappa shape index (κ1) is 34.7. The molecule has 4 rings (SSSR count). The van der Waals surface area contributed by atoms with Gasteiger partial charge in [0.2, 0.25) is 11.8 Å². The summed E-state index contributed by atoms with van der Waals surface area (Å²) in [6.45, 7) is 8.16. The highest BCUT2D eigenvalue weighted by Crippen LogP contribution is 2.29. The summed E-state index contributed by atoms with van der Waals surface area (Å²) in [5, 5.41) is 3.28. The van der Waals surface area contributed by atoms with E-state index in [9.17, 15) is 18.0 Å². The van der Waals surface area contributed by atoms with Crippen LogP contribution < -0.4 is 9.62 Å². The molecule has 0 aliphatic carbocycles. The highest BCUT2D eigenvalue weighted by Gasteiger charge is 2.36. The largest absolute Gasteiger partial charge is 0.350 e. The molecule has 0 heterocycles. The first-order valence-corrected chi connectivity index (χ1v) is 16.7. The topological polar surface area (TPSA) is 86.8 Å². The number of anilines is 1. The van der Waals surface area contributed by atoms with Gasteiger partial charge in [0.05, 0.1) is 10.6 Å². The Morgan fingerprint density at radius 3 is 2.13 bits per heavy atom. The monoisotopic (exact) mass is 663 g/mol. The van der Waals surface area contributed by atoms with Gasteiger partial charge in [-0.05, 0) is 76.1 Å². The lowest BCUT2D eigenvalue weighted by molar-refractivity contribution is -0.140. The highest BCUT2D eigenvalue weighted by molar-refractivity contribution is 7.92. The maximum absolute atomic E-state index is 15.1. The average Bonchev–Trinajstić information content (AvgIpc) is 2.99. The molecule has 0 bridgehead atoms. The average molecular weight is 664 g/mol. The van der Waals surface area contributed by atoms with Crippen LogP contribution in [-0.4, -0.2) is 43.3 Å². The molecule has 4 aromatic rings. The third-order valence-electron chi connectivity index (χ3n) is 7.40. The van der Waals surface area contributed by atoms with Crippen molar-refractivity contribution < 1.29 is 22.4 Å². The quantitative estimate of drug-likeness (QED) is 0.190. The van der Waals surface area contributed by atoms with Crippen molar-refractivity contribution in [3.8, 4) is 0 Å². The number of carbonyl (C=O) groups excluding carboxylic acids is 2. The van der Waals surface area contributed by atoms with Gasteiger partial charge < -0.3 is 10.2 Å². The number of aryl methyl sites for hydroxylation is 2. The van der Waals surface area contributed by atoms with E-state index in [0.29, 0.717) is 5.02 Å². The van der Waals surface area contributed by atoms with Crippen LogP contribution in [0.3, 0.4) is 0 Å². The fourth-order valence-electron chi connectivity index (χ4n) is 4.92. The smallest absolute Gasteiger partial charge is 0.264 e. The molecule has 0 radical (unpaired) electrons. The van der Waals surface area contributed by atoms with Gasteiger partial charge in [-0.1, -0.05) is 83.9 Å². The zero-order valence-corrected chi connectivity index (χ0v) is 28.2. The SMILES string of the molecule is Cc1ccc(S(=O)(=O)N(CC(=O)N(Cc2ccccc2F)[C@H](Cc2ccccc2)C(=O)NC(C)(C)C)c2ccc(C)c(Cl)c2)cc1. The third-order valence-corrected chi connectivity index (χ3v) is 9.59. The number of hydrogen-bond acceptors (Lipinski definition) is 4. The number of benzene rings is 4. The van der Waals surface area contributed by atoms with Crippen molar-refractivity contribution in [2.45, 2.75) is 64.1 Å². The van der Waals surface area contributed by atoms with E-state index in [0.717, 1.165) is 21.0 Å². The van der Waals surface area contributed by atoms with Gasteiger partial charge in [-0.15, -0.1) is 0 Å². The summed E-state index contributed by atoms with van der Waals surface area (Å²) in [5.74, 6) is -1.70. The predicted octanol–water partition coefficient (Wildman–Crippen LogP) is 6.85. The number of nitrogens with zero attached hydrogens (tertiary/aromatic N) is 2. The van der Waals surface area contributed by atoms with E-state index >= 15 is 4.39 Å². The number of hydrogen-bond donors (Lipinski definition) is 1. The molecule has 7 nitrogen and oxygen atoms in total. The molecule has 0 saturated heterocycles. The summed E-state index contributed by atoms with van der Waals surface area (Å²) in [5.41, 5.74) is 2.09. The first-order chi connectivity index (χ1) is 21.7. The second-order valence-electron chi connectivity index (χ2n) is 12.3. The fraction of sp³-hybridized carbons (Fsp3) is 0.278. The first-order valence-electron chi connectivity index (χ1n) is 14.9. The van der Waals surface area contributed by atoms with Gasteiger partial charge in [0, 0.05) is 29.1 Å². The molecule has 0 fully saturated rings. The van der Waals surface area contributed by atoms with Crippen LogP contribution in [0.5, 0.6) is 0 Å². The molecule has 2 amide bonds. The number of sulfonamides is 1. The number of nitrogens with one attached hydrogen (secondary N) is 1. The van der Waals surface area contributed by atoms with Crippen molar-refractivity contribution in [1.82, 2.24) is 10.2 Å². The van der Waals surface area contributed by atoms with Gasteiger partial charge in [0.15, 0.2) is 0 Å². The van der Waals surface area contributed by atoms with E-state index in [4.69, 9.17) is 11.6 Å². The number of halogens is 2. The molecule has 0 saturated carbocycles. The fourth-order valence-corrected chi connectivity index (χ4v) is 6.50. The Bertz CT molecular complexity index is 1790. The minimum atomic E-state index is -4.29. The van der Waals surface area contributed by atoms with E-state index in [2.05, 4.69) is 5.32 Å². The second-order valence-corrected chi connectivity index (χ2v) is 14.6. The molecule has 46 heavy (non-hydrogen) atoms. The van der Waals surface area contributed by atoms with Crippen LogP contribution in [-0.2, 0) is 32.6 Å². The molecule has 0 aromatic heterocycles. The standard InChI is InChI=1S/C36H39ClFN3O4S/c1-25-15-19-30(20-16-25)46(44,45)41(29-18-17-26(2)31(37)22-29)24-34(42)40(23-28-13-9-10-14-32(28)38)33(35(43)39-36(3,4)5)21-27-11-7-6-8-12-27/h6-20,22,33H,21,23-24H2,1-5H3,(H,39,43)/t33-/m1/s1. The van der Waals surface area contributed by atoms with Crippen LogP contribution in [0.2, 0.25) is 5.02 Å².